The number of nitrogens with zero attached hydrogens (tertiary/aromatic N) is 1. The van der Waals surface area contributed by atoms with Crippen LogP contribution in [0, 0.1) is 5.82 Å². The van der Waals surface area contributed by atoms with Gasteiger partial charge in [0.05, 0.1) is 10.7 Å². The van der Waals surface area contributed by atoms with E-state index in [2.05, 4.69) is 0 Å². The smallest absolute Gasteiger partial charge is 0.125 e. The summed E-state index contributed by atoms with van der Waals surface area (Å²) in [5.74, 6) is -0.281. The van der Waals surface area contributed by atoms with Gasteiger partial charge in [0.1, 0.15) is 5.82 Å². The van der Waals surface area contributed by atoms with E-state index in [0.717, 1.165) is 30.5 Å². The molecule has 1 aromatic heterocycles. The van der Waals surface area contributed by atoms with Crippen molar-refractivity contribution >= 4 is 11.6 Å². The quantitative estimate of drug-likeness (QED) is 0.838. The third-order valence-electron chi connectivity index (χ3n) is 3.52. The van der Waals surface area contributed by atoms with Crippen molar-refractivity contribution in [2.75, 3.05) is 0 Å². The fourth-order valence-corrected chi connectivity index (χ4v) is 2.83. The first-order valence-electron chi connectivity index (χ1n) is 6.08. The largest absolute Gasteiger partial charge is 0.324 e. The van der Waals surface area contributed by atoms with E-state index in [1.807, 2.05) is 16.8 Å². The van der Waals surface area contributed by atoms with Gasteiger partial charge in [-0.15, -0.1) is 0 Å². The van der Waals surface area contributed by atoms with Crippen LogP contribution in [-0.2, 0) is 6.42 Å². The fraction of sp³-hybridized carbons (Fsp3) is 0.286. The van der Waals surface area contributed by atoms with Crippen molar-refractivity contribution < 1.29 is 4.39 Å². The van der Waals surface area contributed by atoms with Crippen LogP contribution < -0.4 is 5.73 Å². The second-order valence-corrected chi connectivity index (χ2v) is 5.09. The molecule has 18 heavy (non-hydrogen) atoms. The minimum Gasteiger partial charge on any atom is -0.324 e. The highest BCUT2D eigenvalue weighted by Crippen LogP contribution is 2.32. The molecule has 0 fully saturated rings. The summed E-state index contributed by atoms with van der Waals surface area (Å²) in [5.41, 5.74) is 9.08. The Kier molecular flexibility index (Phi) is 2.88. The molecule has 0 saturated heterocycles. The molecule has 0 saturated carbocycles. The lowest BCUT2D eigenvalue weighted by atomic mass is 9.93. The number of aromatic nitrogens is 1. The lowest BCUT2D eigenvalue weighted by Crippen LogP contribution is -2.17. The van der Waals surface area contributed by atoms with Gasteiger partial charge in [0.25, 0.3) is 0 Å². The van der Waals surface area contributed by atoms with Crippen LogP contribution in [0.25, 0.3) is 5.69 Å². The lowest BCUT2D eigenvalue weighted by molar-refractivity contribution is 0.560. The summed E-state index contributed by atoms with van der Waals surface area (Å²) in [5, 5.41) is 0.550. The Morgan fingerprint density at radius 2 is 2.17 bits per heavy atom. The molecule has 0 aliphatic heterocycles. The fourth-order valence-electron chi connectivity index (χ4n) is 2.62. The topological polar surface area (TPSA) is 30.9 Å². The van der Waals surface area contributed by atoms with Gasteiger partial charge in [-0.3, -0.25) is 0 Å². The number of hydrogen-bond acceptors (Lipinski definition) is 1. The lowest BCUT2D eigenvalue weighted by Gasteiger charge is -2.21. The summed E-state index contributed by atoms with van der Waals surface area (Å²) in [6.45, 7) is 0. The van der Waals surface area contributed by atoms with E-state index in [-0.39, 0.29) is 11.9 Å². The van der Waals surface area contributed by atoms with Crippen molar-refractivity contribution in [3.63, 3.8) is 0 Å². The predicted octanol–water partition coefficient (Wildman–Crippen LogP) is 3.61. The summed E-state index contributed by atoms with van der Waals surface area (Å²) >= 11 is 6.15. The molecule has 2 N–H and O–H groups in total. The molecule has 0 spiro atoms. The van der Waals surface area contributed by atoms with Crippen molar-refractivity contribution in [1.82, 2.24) is 4.57 Å². The number of benzene rings is 1. The molecule has 2 aromatic rings. The number of rotatable bonds is 1. The molecule has 1 aromatic carbocycles. The summed E-state index contributed by atoms with van der Waals surface area (Å²) in [7, 11) is 0. The number of halogens is 2. The molecule has 0 amide bonds. The van der Waals surface area contributed by atoms with E-state index in [1.54, 1.807) is 6.07 Å². The monoisotopic (exact) mass is 264 g/mol. The van der Waals surface area contributed by atoms with Gasteiger partial charge in [-0.1, -0.05) is 11.6 Å². The highest BCUT2D eigenvalue weighted by Gasteiger charge is 2.21. The molecule has 1 heterocycles. The molecular weight excluding hydrogens is 251 g/mol. The Morgan fingerprint density at radius 3 is 3.00 bits per heavy atom. The van der Waals surface area contributed by atoms with Crippen LogP contribution in [0.15, 0.2) is 30.5 Å². The number of hydrogen-bond donors (Lipinski definition) is 1. The highest BCUT2D eigenvalue weighted by atomic mass is 35.5. The molecule has 1 unspecified atom stereocenters. The standard InChI is InChI=1S/C14H14ClFN2/c15-11-5-4-9(16)8-14(11)18-7-6-10-12(17)2-1-3-13(10)18/h4-8,12H,1-3,17H2. The maximum atomic E-state index is 13.4. The third kappa shape index (κ3) is 1.84. The zero-order valence-corrected chi connectivity index (χ0v) is 10.6. The summed E-state index contributed by atoms with van der Waals surface area (Å²) < 4.78 is 15.3. The maximum absolute atomic E-state index is 13.4. The Labute approximate surface area is 110 Å². The van der Waals surface area contributed by atoms with E-state index in [9.17, 15) is 4.39 Å². The van der Waals surface area contributed by atoms with E-state index in [0.29, 0.717) is 10.7 Å². The Balaban J connectivity index is 2.15. The van der Waals surface area contributed by atoms with Crippen LogP contribution in [0.3, 0.4) is 0 Å². The van der Waals surface area contributed by atoms with Gasteiger partial charge in [-0.05, 0) is 49.1 Å². The minimum absolute atomic E-state index is 0.0855. The summed E-state index contributed by atoms with van der Waals surface area (Å²) in [4.78, 5) is 0. The van der Waals surface area contributed by atoms with Crippen LogP contribution in [0.2, 0.25) is 5.02 Å². The molecule has 1 aliphatic rings. The van der Waals surface area contributed by atoms with Gasteiger partial charge in [0.2, 0.25) is 0 Å². The van der Waals surface area contributed by atoms with E-state index >= 15 is 0 Å². The van der Waals surface area contributed by atoms with Crippen molar-refractivity contribution in [2.45, 2.75) is 25.3 Å². The molecule has 3 rings (SSSR count). The zero-order chi connectivity index (χ0) is 12.7. The van der Waals surface area contributed by atoms with Crippen molar-refractivity contribution in [3.8, 4) is 5.69 Å². The van der Waals surface area contributed by atoms with Crippen LogP contribution in [0.1, 0.15) is 30.1 Å². The Morgan fingerprint density at radius 1 is 1.33 bits per heavy atom. The van der Waals surface area contributed by atoms with E-state index < -0.39 is 0 Å². The summed E-state index contributed by atoms with van der Waals surface area (Å²) in [6, 6.07) is 6.51. The SMILES string of the molecule is NC1CCCc2c1ccn2-c1cc(F)ccc1Cl. The van der Waals surface area contributed by atoms with Crippen molar-refractivity contribution in [2.24, 2.45) is 5.73 Å². The average Bonchev–Trinajstić information content (AvgIpc) is 2.77. The third-order valence-corrected chi connectivity index (χ3v) is 3.84. The van der Waals surface area contributed by atoms with Gasteiger partial charge in [0.15, 0.2) is 0 Å². The minimum atomic E-state index is -0.281. The molecular formula is C14H14ClFN2. The molecule has 0 radical (unpaired) electrons. The average molecular weight is 265 g/mol. The maximum Gasteiger partial charge on any atom is 0.125 e. The van der Waals surface area contributed by atoms with Gasteiger partial charge in [0, 0.05) is 17.9 Å². The van der Waals surface area contributed by atoms with Crippen LogP contribution in [0.5, 0.6) is 0 Å². The summed E-state index contributed by atoms with van der Waals surface area (Å²) in [6.07, 6.45) is 4.96. The molecule has 1 aliphatic carbocycles. The first-order chi connectivity index (χ1) is 8.66. The number of nitrogens with two attached hydrogens (primary N) is 1. The second kappa shape index (κ2) is 4.41. The van der Waals surface area contributed by atoms with Crippen molar-refractivity contribution in [1.29, 1.82) is 0 Å². The van der Waals surface area contributed by atoms with Crippen LogP contribution in [0.4, 0.5) is 4.39 Å². The number of fused-ring (bicyclic) bond motifs is 1. The van der Waals surface area contributed by atoms with Gasteiger partial charge in [-0.25, -0.2) is 4.39 Å². The molecule has 1 atom stereocenters. The first kappa shape index (κ1) is 11.8. The highest BCUT2D eigenvalue weighted by molar-refractivity contribution is 6.32. The Hall–Kier alpha value is -1.32. The van der Waals surface area contributed by atoms with E-state index in [4.69, 9.17) is 17.3 Å². The van der Waals surface area contributed by atoms with Gasteiger partial charge in [-0.2, -0.15) is 0 Å². The molecule has 2 nitrogen and oxygen atoms in total. The van der Waals surface area contributed by atoms with Crippen LogP contribution >= 0.6 is 11.6 Å². The van der Waals surface area contributed by atoms with Crippen LogP contribution in [-0.4, -0.2) is 4.57 Å². The van der Waals surface area contributed by atoms with Gasteiger partial charge < -0.3 is 10.3 Å². The zero-order valence-electron chi connectivity index (χ0n) is 9.87. The van der Waals surface area contributed by atoms with E-state index in [1.165, 1.54) is 12.1 Å². The first-order valence-corrected chi connectivity index (χ1v) is 6.46. The molecule has 0 bridgehead atoms. The van der Waals surface area contributed by atoms with Crippen molar-refractivity contribution in [3.05, 3.63) is 52.6 Å². The second-order valence-electron chi connectivity index (χ2n) is 4.68. The van der Waals surface area contributed by atoms with Gasteiger partial charge >= 0.3 is 0 Å². The molecule has 4 heteroatoms. The normalized spacial score (nSPS) is 18.7. The Bertz CT molecular complexity index is 591. The predicted molar refractivity (Wildman–Crippen MR) is 70.6 cm³/mol. The molecule has 94 valence electrons.